The van der Waals surface area contributed by atoms with E-state index in [1.54, 1.807) is 18.3 Å². The van der Waals surface area contributed by atoms with Crippen LogP contribution < -0.4 is 11.1 Å². The zero-order chi connectivity index (χ0) is 14.4. The molecule has 0 saturated carbocycles. The fourth-order valence-electron chi connectivity index (χ4n) is 1.91. The maximum atomic E-state index is 12.1. The van der Waals surface area contributed by atoms with E-state index in [9.17, 15) is 4.79 Å². The summed E-state index contributed by atoms with van der Waals surface area (Å²) in [4.78, 5) is 20.3. The average Bonchev–Trinajstić information content (AvgIpc) is 2.45. The van der Waals surface area contributed by atoms with Gasteiger partial charge in [0.25, 0.3) is 5.91 Å². The van der Waals surface area contributed by atoms with E-state index in [0.29, 0.717) is 24.5 Å². The van der Waals surface area contributed by atoms with Crippen LogP contribution in [0.4, 0.5) is 0 Å². The molecule has 1 amide bonds. The number of carbonyl (C=O) groups excluding carboxylic acids is 1. The highest BCUT2D eigenvalue weighted by Crippen LogP contribution is 2.06. The Hall–Kier alpha value is -2.27. The lowest BCUT2D eigenvalue weighted by molar-refractivity contribution is 0.0950. The van der Waals surface area contributed by atoms with E-state index in [1.165, 1.54) is 0 Å². The van der Waals surface area contributed by atoms with Gasteiger partial charge in [0.15, 0.2) is 0 Å². The van der Waals surface area contributed by atoms with Gasteiger partial charge in [-0.15, -0.1) is 0 Å². The predicted molar refractivity (Wildman–Crippen MR) is 77.1 cm³/mol. The number of carbonyl (C=O) groups is 1. The van der Waals surface area contributed by atoms with Gasteiger partial charge in [0, 0.05) is 11.8 Å². The molecule has 0 aliphatic heterocycles. The summed E-state index contributed by atoms with van der Waals surface area (Å²) in [6.45, 7) is 2.79. The highest BCUT2D eigenvalue weighted by atomic mass is 16.1. The third kappa shape index (κ3) is 3.86. The van der Waals surface area contributed by atoms with Crippen LogP contribution in [0.2, 0.25) is 0 Å². The van der Waals surface area contributed by atoms with Crippen LogP contribution in [0.15, 0.2) is 36.5 Å². The Bertz CT molecular complexity index is 598. The molecule has 0 fully saturated rings. The topological polar surface area (TPSA) is 80.9 Å². The van der Waals surface area contributed by atoms with Crippen LogP contribution in [-0.4, -0.2) is 22.4 Å². The number of nitrogens with zero attached hydrogens (tertiary/aromatic N) is 2. The SMILES string of the molecule is Cc1nccc(CNC(=O)c2cccc(CCN)c2)n1. The standard InChI is InChI=1S/C15H18N4O/c1-11-17-8-6-14(19-11)10-18-15(20)13-4-2-3-12(9-13)5-7-16/h2-4,6,8-9H,5,7,10,16H2,1H3,(H,18,20). The minimum atomic E-state index is -0.111. The van der Waals surface area contributed by atoms with Crippen LogP contribution in [0.1, 0.15) is 27.4 Å². The fourth-order valence-corrected chi connectivity index (χ4v) is 1.91. The van der Waals surface area contributed by atoms with Gasteiger partial charge < -0.3 is 11.1 Å². The van der Waals surface area contributed by atoms with E-state index in [-0.39, 0.29) is 5.91 Å². The van der Waals surface area contributed by atoms with Crippen LogP contribution in [-0.2, 0) is 13.0 Å². The first-order valence-corrected chi connectivity index (χ1v) is 6.55. The molecular weight excluding hydrogens is 252 g/mol. The van der Waals surface area contributed by atoms with Crippen molar-refractivity contribution >= 4 is 5.91 Å². The van der Waals surface area contributed by atoms with Crippen molar-refractivity contribution in [1.82, 2.24) is 15.3 Å². The summed E-state index contributed by atoms with van der Waals surface area (Å²) >= 11 is 0. The van der Waals surface area contributed by atoms with E-state index in [4.69, 9.17) is 5.73 Å². The zero-order valence-corrected chi connectivity index (χ0v) is 11.5. The highest BCUT2D eigenvalue weighted by molar-refractivity contribution is 5.94. The van der Waals surface area contributed by atoms with E-state index in [1.807, 2.05) is 25.1 Å². The van der Waals surface area contributed by atoms with Gasteiger partial charge in [0.2, 0.25) is 0 Å². The van der Waals surface area contributed by atoms with Crippen LogP contribution in [0, 0.1) is 6.92 Å². The van der Waals surface area contributed by atoms with Crippen LogP contribution >= 0.6 is 0 Å². The Morgan fingerprint density at radius 3 is 2.95 bits per heavy atom. The summed E-state index contributed by atoms with van der Waals surface area (Å²) < 4.78 is 0. The number of benzene rings is 1. The molecule has 20 heavy (non-hydrogen) atoms. The summed E-state index contributed by atoms with van der Waals surface area (Å²) in [5.74, 6) is 0.585. The molecule has 2 aromatic rings. The quantitative estimate of drug-likeness (QED) is 0.856. The van der Waals surface area contributed by atoms with Gasteiger partial charge in [-0.1, -0.05) is 12.1 Å². The van der Waals surface area contributed by atoms with Crippen molar-refractivity contribution in [2.24, 2.45) is 5.73 Å². The minimum Gasteiger partial charge on any atom is -0.346 e. The lowest BCUT2D eigenvalue weighted by Gasteiger charge is -2.06. The first-order valence-electron chi connectivity index (χ1n) is 6.55. The lowest BCUT2D eigenvalue weighted by Crippen LogP contribution is -2.23. The van der Waals surface area contributed by atoms with Crippen molar-refractivity contribution < 1.29 is 4.79 Å². The molecule has 0 aliphatic carbocycles. The molecule has 0 saturated heterocycles. The van der Waals surface area contributed by atoms with E-state index >= 15 is 0 Å². The zero-order valence-electron chi connectivity index (χ0n) is 11.5. The Morgan fingerprint density at radius 1 is 1.35 bits per heavy atom. The molecule has 0 spiro atoms. The normalized spacial score (nSPS) is 10.3. The maximum absolute atomic E-state index is 12.1. The number of hydrogen-bond acceptors (Lipinski definition) is 4. The number of nitrogens with two attached hydrogens (primary N) is 1. The second-order valence-electron chi connectivity index (χ2n) is 4.52. The first-order chi connectivity index (χ1) is 9.69. The van der Waals surface area contributed by atoms with Gasteiger partial charge in [-0.3, -0.25) is 4.79 Å². The van der Waals surface area contributed by atoms with Gasteiger partial charge >= 0.3 is 0 Å². The third-order valence-electron chi connectivity index (χ3n) is 2.89. The number of amides is 1. The molecule has 104 valence electrons. The molecule has 0 atom stereocenters. The predicted octanol–water partition coefficient (Wildman–Crippen LogP) is 1.22. The summed E-state index contributed by atoms with van der Waals surface area (Å²) in [7, 11) is 0. The molecule has 1 heterocycles. The Morgan fingerprint density at radius 2 is 2.20 bits per heavy atom. The smallest absolute Gasteiger partial charge is 0.251 e. The molecule has 0 radical (unpaired) electrons. The summed E-state index contributed by atoms with van der Waals surface area (Å²) in [6.07, 6.45) is 2.46. The van der Waals surface area contributed by atoms with Crippen LogP contribution in [0.25, 0.3) is 0 Å². The number of aromatic nitrogens is 2. The third-order valence-corrected chi connectivity index (χ3v) is 2.89. The molecule has 5 heteroatoms. The molecule has 5 nitrogen and oxygen atoms in total. The highest BCUT2D eigenvalue weighted by Gasteiger charge is 2.06. The van der Waals surface area contributed by atoms with Crippen molar-refractivity contribution in [2.45, 2.75) is 19.9 Å². The fraction of sp³-hybridized carbons (Fsp3) is 0.267. The van der Waals surface area contributed by atoms with Gasteiger partial charge in [0.1, 0.15) is 5.82 Å². The van der Waals surface area contributed by atoms with E-state index in [0.717, 1.165) is 17.7 Å². The van der Waals surface area contributed by atoms with Crippen molar-refractivity contribution in [3.63, 3.8) is 0 Å². The van der Waals surface area contributed by atoms with Crippen molar-refractivity contribution in [3.05, 3.63) is 59.2 Å². The van der Waals surface area contributed by atoms with Gasteiger partial charge in [0.05, 0.1) is 12.2 Å². The molecule has 1 aromatic heterocycles. The Balaban J connectivity index is 1.99. The minimum absolute atomic E-state index is 0.111. The van der Waals surface area contributed by atoms with Crippen molar-refractivity contribution in [1.29, 1.82) is 0 Å². The summed E-state index contributed by atoms with van der Waals surface area (Å²) in [5, 5.41) is 2.85. The molecular formula is C15H18N4O. The molecule has 3 N–H and O–H groups in total. The van der Waals surface area contributed by atoms with E-state index in [2.05, 4.69) is 15.3 Å². The monoisotopic (exact) mass is 270 g/mol. The molecule has 0 bridgehead atoms. The first kappa shape index (κ1) is 14.1. The number of nitrogens with one attached hydrogen (secondary N) is 1. The van der Waals surface area contributed by atoms with Gasteiger partial charge in [-0.05, 0) is 43.7 Å². The average molecular weight is 270 g/mol. The van der Waals surface area contributed by atoms with Crippen LogP contribution in [0.3, 0.4) is 0 Å². The molecule has 1 aromatic carbocycles. The van der Waals surface area contributed by atoms with Crippen LogP contribution in [0.5, 0.6) is 0 Å². The Kier molecular flexibility index (Phi) is 4.79. The van der Waals surface area contributed by atoms with Crippen molar-refractivity contribution in [3.8, 4) is 0 Å². The maximum Gasteiger partial charge on any atom is 0.251 e. The molecule has 0 unspecified atom stereocenters. The molecule has 0 aliphatic rings. The van der Waals surface area contributed by atoms with Gasteiger partial charge in [-0.2, -0.15) is 0 Å². The van der Waals surface area contributed by atoms with E-state index < -0.39 is 0 Å². The molecule has 2 rings (SSSR count). The number of hydrogen-bond donors (Lipinski definition) is 2. The number of aryl methyl sites for hydroxylation is 1. The number of rotatable bonds is 5. The largest absolute Gasteiger partial charge is 0.346 e. The second kappa shape index (κ2) is 6.77. The summed E-state index contributed by atoms with van der Waals surface area (Å²) in [5.41, 5.74) is 8.02. The summed E-state index contributed by atoms with van der Waals surface area (Å²) in [6, 6.07) is 9.29. The Labute approximate surface area is 118 Å². The van der Waals surface area contributed by atoms with Crippen molar-refractivity contribution in [2.75, 3.05) is 6.54 Å². The van der Waals surface area contributed by atoms with Gasteiger partial charge in [-0.25, -0.2) is 9.97 Å². The second-order valence-corrected chi connectivity index (χ2v) is 4.52. The lowest BCUT2D eigenvalue weighted by atomic mass is 10.1.